The minimum absolute atomic E-state index is 0.427. The van der Waals surface area contributed by atoms with Crippen LogP contribution in [-0.4, -0.2) is 16.3 Å². The van der Waals surface area contributed by atoms with Gasteiger partial charge in [-0.25, -0.2) is 0 Å². The van der Waals surface area contributed by atoms with E-state index in [0.717, 1.165) is 23.7 Å². The molecular weight excluding hydrogens is 258 g/mol. The van der Waals surface area contributed by atoms with Crippen LogP contribution in [0.4, 0.5) is 0 Å². The van der Waals surface area contributed by atoms with Crippen molar-refractivity contribution in [2.45, 2.75) is 46.5 Å². The van der Waals surface area contributed by atoms with Crippen LogP contribution in [0.1, 0.15) is 44.5 Å². The van der Waals surface area contributed by atoms with Gasteiger partial charge in [0, 0.05) is 7.05 Å². The largest absolute Gasteiger partial charge is 0.330 e. The van der Waals surface area contributed by atoms with Crippen molar-refractivity contribution in [2.24, 2.45) is 30.0 Å². The Morgan fingerprint density at radius 1 is 1.42 bits per heavy atom. The summed E-state index contributed by atoms with van der Waals surface area (Å²) in [6.07, 6.45) is 4.75. The van der Waals surface area contributed by atoms with Gasteiger partial charge in [0.05, 0.1) is 16.4 Å². The minimum Gasteiger partial charge on any atom is -0.330 e. The maximum absolute atomic E-state index is 6.38. The normalized spacial score (nSPS) is 26.6. The summed E-state index contributed by atoms with van der Waals surface area (Å²) in [4.78, 5) is 0. The van der Waals surface area contributed by atoms with Crippen molar-refractivity contribution in [3.05, 3.63) is 16.4 Å². The Kier molecular flexibility index (Phi) is 4.26. The number of aryl methyl sites for hydroxylation is 2. The Morgan fingerprint density at radius 3 is 2.63 bits per heavy atom. The average Bonchev–Trinajstić information content (AvgIpc) is 2.55. The Morgan fingerprint density at radius 2 is 2.11 bits per heavy atom. The molecule has 3 nitrogen and oxygen atoms in total. The predicted octanol–water partition coefficient (Wildman–Crippen LogP) is 3.33. The molecule has 4 heteroatoms. The first-order chi connectivity index (χ1) is 8.84. The van der Waals surface area contributed by atoms with E-state index in [1.54, 1.807) is 0 Å². The zero-order valence-corrected chi connectivity index (χ0v) is 13.3. The van der Waals surface area contributed by atoms with E-state index in [0.29, 0.717) is 17.3 Å². The zero-order valence-electron chi connectivity index (χ0n) is 12.5. The highest BCUT2D eigenvalue weighted by Crippen LogP contribution is 2.43. The van der Waals surface area contributed by atoms with Crippen molar-refractivity contribution < 1.29 is 0 Å². The SMILES string of the molecule is Cc1nn(C)c(CC2CC(C)(C)CCC2CN)c1Cl. The highest BCUT2D eigenvalue weighted by atomic mass is 35.5. The molecule has 0 aliphatic heterocycles. The molecule has 19 heavy (non-hydrogen) atoms. The molecule has 1 fully saturated rings. The average molecular weight is 284 g/mol. The number of halogens is 1. The monoisotopic (exact) mass is 283 g/mol. The lowest BCUT2D eigenvalue weighted by Crippen LogP contribution is -2.35. The lowest BCUT2D eigenvalue weighted by atomic mass is 9.66. The summed E-state index contributed by atoms with van der Waals surface area (Å²) in [6, 6.07) is 0. The van der Waals surface area contributed by atoms with Crippen molar-refractivity contribution in [1.82, 2.24) is 9.78 Å². The fourth-order valence-corrected chi connectivity index (χ4v) is 3.73. The summed E-state index contributed by atoms with van der Waals surface area (Å²) >= 11 is 6.38. The van der Waals surface area contributed by atoms with Crippen LogP contribution in [0.15, 0.2) is 0 Å². The van der Waals surface area contributed by atoms with Crippen molar-refractivity contribution >= 4 is 11.6 Å². The van der Waals surface area contributed by atoms with Gasteiger partial charge in [-0.05, 0) is 56.4 Å². The molecular formula is C15H26ClN3. The van der Waals surface area contributed by atoms with Crippen molar-refractivity contribution in [2.75, 3.05) is 6.54 Å². The van der Waals surface area contributed by atoms with Crippen LogP contribution in [0.2, 0.25) is 5.02 Å². The summed E-state index contributed by atoms with van der Waals surface area (Å²) in [5, 5.41) is 5.25. The standard InChI is InChI=1S/C15H26ClN3/c1-10-14(16)13(19(4)18-10)7-12-8-15(2,3)6-5-11(12)9-17/h11-12H,5-9,17H2,1-4H3. The molecule has 1 aliphatic carbocycles. The molecule has 0 bridgehead atoms. The second-order valence-corrected chi connectivity index (χ2v) is 7.21. The first-order valence-corrected chi connectivity index (χ1v) is 7.60. The fourth-order valence-electron chi connectivity index (χ4n) is 3.49. The van der Waals surface area contributed by atoms with Crippen LogP contribution in [0.25, 0.3) is 0 Å². The molecule has 2 rings (SSSR count). The third-order valence-electron chi connectivity index (χ3n) is 4.69. The highest BCUT2D eigenvalue weighted by Gasteiger charge is 2.35. The molecule has 2 atom stereocenters. The molecule has 2 unspecified atom stereocenters. The van der Waals surface area contributed by atoms with Crippen LogP contribution < -0.4 is 5.73 Å². The maximum Gasteiger partial charge on any atom is 0.0847 e. The Hall–Kier alpha value is -0.540. The van der Waals surface area contributed by atoms with E-state index in [9.17, 15) is 0 Å². The third kappa shape index (κ3) is 3.14. The van der Waals surface area contributed by atoms with Crippen molar-refractivity contribution in [3.8, 4) is 0 Å². The van der Waals surface area contributed by atoms with Gasteiger partial charge in [0.1, 0.15) is 0 Å². The molecule has 0 aromatic carbocycles. The van der Waals surface area contributed by atoms with E-state index in [2.05, 4.69) is 18.9 Å². The van der Waals surface area contributed by atoms with Crippen molar-refractivity contribution in [3.63, 3.8) is 0 Å². The molecule has 1 saturated carbocycles. The van der Waals surface area contributed by atoms with E-state index in [-0.39, 0.29) is 0 Å². The van der Waals surface area contributed by atoms with Crippen LogP contribution in [-0.2, 0) is 13.5 Å². The van der Waals surface area contributed by atoms with Gasteiger partial charge >= 0.3 is 0 Å². The molecule has 108 valence electrons. The topological polar surface area (TPSA) is 43.8 Å². The van der Waals surface area contributed by atoms with E-state index in [1.165, 1.54) is 25.0 Å². The highest BCUT2D eigenvalue weighted by molar-refractivity contribution is 6.31. The number of hydrogen-bond donors (Lipinski definition) is 1. The van der Waals surface area contributed by atoms with Crippen molar-refractivity contribution in [1.29, 1.82) is 0 Å². The molecule has 0 radical (unpaired) electrons. The summed E-state index contributed by atoms with van der Waals surface area (Å²) in [7, 11) is 1.99. The first kappa shape index (κ1) is 14.9. The Bertz CT molecular complexity index is 450. The van der Waals surface area contributed by atoms with Gasteiger partial charge in [-0.2, -0.15) is 5.10 Å². The summed E-state index contributed by atoms with van der Waals surface area (Å²) in [5.41, 5.74) is 8.48. The van der Waals surface area contributed by atoms with Gasteiger partial charge in [-0.15, -0.1) is 0 Å². The van der Waals surface area contributed by atoms with Crippen LogP contribution >= 0.6 is 11.6 Å². The van der Waals surface area contributed by atoms with Gasteiger partial charge in [0.25, 0.3) is 0 Å². The second kappa shape index (κ2) is 5.45. The van der Waals surface area contributed by atoms with Gasteiger partial charge in [-0.3, -0.25) is 4.68 Å². The number of rotatable bonds is 3. The van der Waals surface area contributed by atoms with Gasteiger partial charge < -0.3 is 5.73 Å². The van der Waals surface area contributed by atoms with Crippen LogP contribution in [0.5, 0.6) is 0 Å². The van der Waals surface area contributed by atoms with Gasteiger partial charge in [0.2, 0.25) is 0 Å². The Labute approximate surface area is 121 Å². The lowest BCUT2D eigenvalue weighted by Gasteiger charge is -2.40. The minimum atomic E-state index is 0.427. The molecule has 0 amide bonds. The Balaban J connectivity index is 2.19. The maximum atomic E-state index is 6.38. The molecule has 1 heterocycles. The quantitative estimate of drug-likeness (QED) is 0.925. The molecule has 1 aromatic rings. The smallest absolute Gasteiger partial charge is 0.0847 e. The summed E-state index contributed by atoms with van der Waals surface area (Å²) in [5.74, 6) is 1.25. The van der Waals surface area contributed by atoms with E-state index in [1.807, 2.05) is 18.7 Å². The summed E-state index contributed by atoms with van der Waals surface area (Å²) < 4.78 is 1.94. The molecule has 1 aromatic heterocycles. The lowest BCUT2D eigenvalue weighted by molar-refractivity contribution is 0.120. The fraction of sp³-hybridized carbons (Fsp3) is 0.800. The number of nitrogens with two attached hydrogens (primary N) is 1. The molecule has 1 aliphatic rings. The van der Waals surface area contributed by atoms with Crippen LogP contribution in [0.3, 0.4) is 0 Å². The van der Waals surface area contributed by atoms with E-state index >= 15 is 0 Å². The van der Waals surface area contributed by atoms with Gasteiger partial charge in [0.15, 0.2) is 0 Å². The number of hydrogen-bond acceptors (Lipinski definition) is 2. The zero-order chi connectivity index (χ0) is 14.2. The van der Waals surface area contributed by atoms with Crippen LogP contribution in [0, 0.1) is 24.2 Å². The second-order valence-electron chi connectivity index (χ2n) is 6.84. The molecule has 0 saturated heterocycles. The first-order valence-electron chi connectivity index (χ1n) is 7.22. The predicted molar refractivity (Wildman–Crippen MR) is 80.3 cm³/mol. The van der Waals surface area contributed by atoms with E-state index < -0.39 is 0 Å². The molecule has 2 N–H and O–H groups in total. The number of nitrogens with zero attached hydrogens (tertiary/aromatic N) is 2. The number of aromatic nitrogens is 2. The molecule has 0 spiro atoms. The van der Waals surface area contributed by atoms with E-state index in [4.69, 9.17) is 17.3 Å². The third-order valence-corrected chi connectivity index (χ3v) is 5.18. The summed E-state index contributed by atoms with van der Waals surface area (Å²) in [6.45, 7) is 7.48. The van der Waals surface area contributed by atoms with Gasteiger partial charge in [-0.1, -0.05) is 25.4 Å².